The van der Waals surface area contributed by atoms with E-state index >= 15 is 0 Å². The molecular weight excluding hydrogens is 268 g/mol. The number of H-pyrrole nitrogens is 1. The summed E-state index contributed by atoms with van der Waals surface area (Å²) in [5.41, 5.74) is 2.06. The Hall–Kier alpha value is -2.95. The molecule has 0 radical (unpaired) electrons. The zero-order valence-corrected chi connectivity index (χ0v) is 11.2. The fourth-order valence-corrected chi connectivity index (χ4v) is 2.11. The largest absolute Gasteiger partial charge is 0.506 e. The Balaban J connectivity index is 1.72. The third-order valence-electron chi connectivity index (χ3n) is 3.15. The van der Waals surface area contributed by atoms with Crippen LogP contribution in [0.15, 0.2) is 54.7 Å². The minimum Gasteiger partial charge on any atom is -0.506 e. The number of hydrogen-bond donors (Lipinski definition) is 3. The van der Waals surface area contributed by atoms with Gasteiger partial charge in [-0.2, -0.15) is 0 Å². The van der Waals surface area contributed by atoms with Crippen molar-refractivity contribution in [1.29, 1.82) is 0 Å². The highest BCUT2D eigenvalue weighted by Crippen LogP contribution is 2.31. The number of carbonyl (C=O) groups is 1. The van der Waals surface area contributed by atoms with Gasteiger partial charge in [-0.15, -0.1) is 0 Å². The van der Waals surface area contributed by atoms with Crippen LogP contribution in [-0.2, 0) is 11.3 Å². The van der Waals surface area contributed by atoms with E-state index in [1.54, 1.807) is 18.3 Å². The Morgan fingerprint density at radius 1 is 1.14 bits per heavy atom. The highest BCUT2D eigenvalue weighted by atomic mass is 16.5. The van der Waals surface area contributed by atoms with Crippen LogP contribution in [0.2, 0.25) is 0 Å². The maximum absolute atomic E-state index is 11.8. The monoisotopic (exact) mass is 282 g/mol. The summed E-state index contributed by atoms with van der Waals surface area (Å²) in [6, 6.07) is 14.4. The zero-order chi connectivity index (χ0) is 14.7. The summed E-state index contributed by atoms with van der Waals surface area (Å²) in [5.74, 6) is -0.00115. The molecule has 0 aliphatic rings. The molecule has 3 rings (SSSR count). The molecule has 1 aromatic heterocycles. The molecule has 3 aromatic rings. The average Bonchev–Trinajstić information content (AvgIpc) is 2.98. The number of ether oxygens (including phenoxy) is 1. The highest BCUT2D eigenvalue weighted by Gasteiger charge is 2.12. The van der Waals surface area contributed by atoms with Gasteiger partial charge in [0.25, 0.3) is 0 Å². The molecule has 0 aliphatic heterocycles. The minimum atomic E-state index is -0.608. The van der Waals surface area contributed by atoms with Gasteiger partial charge >= 0.3 is 6.09 Å². The fourth-order valence-electron chi connectivity index (χ4n) is 2.11. The van der Waals surface area contributed by atoms with Gasteiger partial charge in [-0.05, 0) is 23.8 Å². The van der Waals surface area contributed by atoms with E-state index in [1.165, 1.54) is 6.07 Å². The third kappa shape index (κ3) is 2.81. The number of phenols is 1. The number of aromatic nitrogens is 1. The Labute approximate surface area is 121 Å². The summed E-state index contributed by atoms with van der Waals surface area (Å²) in [6.07, 6.45) is 1.13. The lowest BCUT2D eigenvalue weighted by atomic mass is 10.2. The van der Waals surface area contributed by atoms with E-state index in [2.05, 4.69) is 10.3 Å². The first-order valence-electron chi connectivity index (χ1n) is 6.51. The van der Waals surface area contributed by atoms with Gasteiger partial charge in [0.2, 0.25) is 0 Å². The Morgan fingerprint density at radius 3 is 2.76 bits per heavy atom. The fraction of sp³-hybridized carbons (Fsp3) is 0.0625. The number of phenolic OH excluding ortho intramolecular Hbond substituents is 1. The molecule has 1 amide bonds. The van der Waals surface area contributed by atoms with Crippen molar-refractivity contribution in [2.45, 2.75) is 6.61 Å². The lowest BCUT2D eigenvalue weighted by molar-refractivity contribution is 0.155. The van der Waals surface area contributed by atoms with E-state index in [4.69, 9.17) is 4.74 Å². The molecule has 2 aromatic carbocycles. The van der Waals surface area contributed by atoms with Crippen molar-refractivity contribution in [3.63, 3.8) is 0 Å². The molecule has 0 saturated carbocycles. The second-order valence-corrected chi connectivity index (χ2v) is 4.59. The van der Waals surface area contributed by atoms with Crippen molar-refractivity contribution >= 4 is 22.7 Å². The van der Waals surface area contributed by atoms with Crippen molar-refractivity contribution in [3.8, 4) is 5.75 Å². The molecule has 0 spiro atoms. The molecule has 0 aliphatic carbocycles. The molecular formula is C16H14N2O3. The van der Waals surface area contributed by atoms with Crippen LogP contribution in [0.25, 0.3) is 10.9 Å². The lowest BCUT2D eigenvalue weighted by Gasteiger charge is -2.09. The predicted molar refractivity (Wildman–Crippen MR) is 80.2 cm³/mol. The summed E-state index contributed by atoms with van der Waals surface area (Å²) in [4.78, 5) is 14.9. The van der Waals surface area contributed by atoms with Crippen LogP contribution >= 0.6 is 0 Å². The summed E-state index contributed by atoms with van der Waals surface area (Å²) in [6.45, 7) is 0.177. The first-order chi connectivity index (χ1) is 10.2. The molecule has 21 heavy (non-hydrogen) atoms. The van der Waals surface area contributed by atoms with Crippen molar-refractivity contribution in [3.05, 3.63) is 60.3 Å². The first-order valence-corrected chi connectivity index (χ1v) is 6.51. The number of aromatic amines is 1. The number of aromatic hydroxyl groups is 1. The Kier molecular flexibility index (Phi) is 3.47. The first kappa shape index (κ1) is 13.1. The number of hydrogen-bond acceptors (Lipinski definition) is 3. The molecule has 3 N–H and O–H groups in total. The van der Waals surface area contributed by atoms with Crippen molar-refractivity contribution < 1.29 is 14.6 Å². The number of rotatable bonds is 3. The van der Waals surface area contributed by atoms with Crippen molar-refractivity contribution in [2.75, 3.05) is 5.32 Å². The van der Waals surface area contributed by atoms with E-state index < -0.39 is 6.09 Å². The lowest BCUT2D eigenvalue weighted by Crippen LogP contribution is -2.13. The molecule has 5 heteroatoms. The normalized spacial score (nSPS) is 10.5. The molecule has 0 saturated heterocycles. The van der Waals surface area contributed by atoms with Crippen LogP contribution in [0.5, 0.6) is 5.75 Å². The van der Waals surface area contributed by atoms with Crippen LogP contribution in [0, 0.1) is 0 Å². The third-order valence-corrected chi connectivity index (χ3v) is 3.15. The van der Waals surface area contributed by atoms with Crippen molar-refractivity contribution in [2.24, 2.45) is 0 Å². The molecule has 0 atom stereocenters. The Bertz CT molecular complexity index is 766. The molecule has 0 bridgehead atoms. The number of benzene rings is 2. The maximum atomic E-state index is 11.8. The van der Waals surface area contributed by atoms with E-state index in [0.717, 1.165) is 16.5 Å². The summed E-state index contributed by atoms with van der Waals surface area (Å²) in [5, 5.41) is 13.2. The van der Waals surface area contributed by atoms with Crippen molar-refractivity contribution in [1.82, 2.24) is 4.98 Å². The minimum absolute atomic E-state index is 0.00115. The van der Waals surface area contributed by atoms with Crippen LogP contribution in [0.4, 0.5) is 10.5 Å². The Morgan fingerprint density at radius 2 is 1.95 bits per heavy atom. The number of fused-ring (bicyclic) bond motifs is 1. The standard InChI is InChI=1S/C16H14N2O3/c19-14-7-6-13-12(8-9-17-13)15(14)18-16(20)21-10-11-4-2-1-3-5-11/h1-9,17,19H,10H2,(H,18,20). The number of amides is 1. The molecule has 0 fully saturated rings. The van der Waals surface area contributed by atoms with E-state index in [9.17, 15) is 9.90 Å². The second kappa shape index (κ2) is 5.58. The van der Waals surface area contributed by atoms with Gasteiger partial charge in [-0.25, -0.2) is 4.79 Å². The molecule has 1 heterocycles. The van der Waals surface area contributed by atoms with Gasteiger partial charge in [-0.1, -0.05) is 30.3 Å². The van der Waals surface area contributed by atoms with E-state index in [-0.39, 0.29) is 12.4 Å². The summed E-state index contributed by atoms with van der Waals surface area (Å²) >= 11 is 0. The van der Waals surface area contributed by atoms with Crippen LogP contribution in [0.1, 0.15) is 5.56 Å². The average molecular weight is 282 g/mol. The predicted octanol–water partition coefficient (Wildman–Crippen LogP) is 3.62. The van der Waals surface area contributed by atoms with Gasteiger partial charge in [0.05, 0.1) is 5.69 Å². The highest BCUT2D eigenvalue weighted by molar-refractivity contribution is 6.01. The van der Waals surface area contributed by atoms with Gasteiger partial charge in [-0.3, -0.25) is 5.32 Å². The topological polar surface area (TPSA) is 74.4 Å². The smallest absolute Gasteiger partial charge is 0.412 e. The van der Waals surface area contributed by atoms with Gasteiger partial charge < -0.3 is 14.8 Å². The maximum Gasteiger partial charge on any atom is 0.412 e. The van der Waals surface area contributed by atoms with Gasteiger partial charge in [0, 0.05) is 17.1 Å². The summed E-state index contributed by atoms with van der Waals surface area (Å²) < 4.78 is 5.14. The van der Waals surface area contributed by atoms with Crippen LogP contribution in [-0.4, -0.2) is 16.2 Å². The number of nitrogens with one attached hydrogen (secondary N) is 2. The van der Waals surface area contributed by atoms with Gasteiger partial charge in [0.15, 0.2) is 0 Å². The van der Waals surface area contributed by atoms with E-state index in [1.807, 2.05) is 30.3 Å². The quantitative estimate of drug-likeness (QED) is 0.642. The number of anilines is 1. The molecule has 106 valence electrons. The summed E-state index contributed by atoms with van der Waals surface area (Å²) in [7, 11) is 0. The van der Waals surface area contributed by atoms with Crippen LogP contribution in [0.3, 0.4) is 0 Å². The number of carbonyl (C=O) groups excluding carboxylic acids is 1. The zero-order valence-electron chi connectivity index (χ0n) is 11.2. The van der Waals surface area contributed by atoms with Crippen LogP contribution < -0.4 is 5.32 Å². The molecule has 5 nitrogen and oxygen atoms in total. The van der Waals surface area contributed by atoms with E-state index in [0.29, 0.717) is 5.69 Å². The SMILES string of the molecule is O=C(Nc1c(O)ccc2[nH]ccc12)OCc1ccccc1. The second-order valence-electron chi connectivity index (χ2n) is 4.59. The van der Waals surface area contributed by atoms with Gasteiger partial charge in [0.1, 0.15) is 12.4 Å². The molecule has 0 unspecified atom stereocenters.